The molecule has 0 spiro atoms. The van der Waals surface area contributed by atoms with E-state index in [2.05, 4.69) is 15.3 Å². The summed E-state index contributed by atoms with van der Waals surface area (Å²) in [7, 11) is 3.60. The van der Waals surface area contributed by atoms with Gasteiger partial charge in [-0.15, -0.1) is 0 Å². The Kier molecular flexibility index (Phi) is 3.76. The predicted octanol–water partition coefficient (Wildman–Crippen LogP) is 0.318. The number of hydrogen-bond acceptors (Lipinski definition) is 3. The minimum absolute atomic E-state index is 0.715. The van der Waals surface area contributed by atoms with Crippen LogP contribution >= 0.6 is 0 Å². The Labute approximate surface area is 72.3 Å². The van der Waals surface area contributed by atoms with Crippen molar-refractivity contribution in [1.29, 1.82) is 0 Å². The zero-order valence-corrected chi connectivity index (χ0v) is 7.55. The molecular formula is C8H15N3O. The Balaban J connectivity index is 2.41. The molecule has 0 amide bonds. The van der Waals surface area contributed by atoms with Crippen LogP contribution in [0.4, 0.5) is 0 Å². The van der Waals surface area contributed by atoms with Gasteiger partial charge in [0.1, 0.15) is 5.82 Å². The van der Waals surface area contributed by atoms with E-state index < -0.39 is 0 Å². The molecule has 1 rings (SSSR count). The highest BCUT2D eigenvalue weighted by atomic mass is 16.5. The third-order valence-electron chi connectivity index (χ3n) is 1.59. The molecule has 0 unspecified atom stereocenters. The number of H-pyrrole nitrogens is 1. The molecule has 0 atom stereocenters. The zero-order chi connectivity index (χ0) is 8.81. The molecule has 0 fully saturated rings. The molecule has 12 heavy (non-hydrogen) atoms. The highest BCUT2D eigenvalue weighted by Gasteiger charge is 1.98. The van der Waals surface area contributed by atoms with Crippen LogP contribution in [-0.2, 0) is 17.7 Å². The van der Waals surface area contributed by atoms with Crippen molar-refractivity contribution in [3.8, 4) is 0 Å². The smallest absolute Gasteiger partial charge is 0.108 e. The summed E-state index contributed by atoms with van der Waals surface area (Å²) < 4.78 is 4.94. The van der Waals surface area contributed by atoms with E-state index in [1.165, 1.54) is 0 Å². The number of imidazole rings is 1. The summed E-state index contributed by atoms with van der Waals surface area (Å²) in [5.41, 5.74) is 1.11. The van der Waals surface area contributed by atoms with Crippen LogP contribution < -0.4 is 5.32 Å². The summed E-state index contributed by atoms with van der Waals surface area (Å²) in [4.78, 5) is 7.39. The van der Waals surface area contributed by atoms with Crippen molar-refractivity contribution in [2.75, 3.05) is 20.8 Å². The predicted molar refractivity (Wildman–Crippen MR) is 46.9 cm³/mol. The third kappa shape index (κ3) is 2.64. The van der Waals surface area contributed by atoms with Crippen LogP contribution in [0.5, 0.6) is 0 Å². The zero-order valence-electron chi connectivity index (χ0n) is 7.55. The fraction of sp³-hybridized carbons (Fsp3) is 0.625. The summed E-state index contributed by atoms with van der Waals surface area (Å²) >= 11 is 0. The number of aromatic amines is 1. The van der Waals surface area contributed by atoms with Crippen molar-refractivity contribution in [2.24, 2.45) is 0 Å². The van der Waals surface area contributed by atoms with Crippen LogP contribution in [0.3, 0.4) is 0 Å². The number of hydrogen-bond donors (Lipinski definition) is 2. The third-order valence-corrected chi connectivity index (χ3v) is 1.59. The van der Waals surface area contributed by atoms with Gasteiger partial charge in [0, 0.05) is 32.0 Å². The van der Waals surface area contributed by atoms with Crippen LogP contribution in [0.1, 0.15) is 11.5 Å². The van der Waals surface area contributed by atoms with Gasteiger partial charge in [-0.25, -0.2) is 4.98 Å². The van der Waals surface area contributed by atoms with Gasteiger partial charge in [0.25, 0.3) is 0 Å². The molecular weight excluding hydrogens is 154 g/mol. The summed E-state index contributed by atoms with van der Waals surface area (Å²) in [6, 6.07) is 0. The largest absolute Gasteiger partial charge is 0.384 e. The summed E-state index contributed by atoms with van der Waals surface area (Å²) in [5.74, 6) is 0.988. The maximum atomic E-state index is 4.94. The van der Waals surface area contributed by atoms with Crippen LogP contribution in [0.15, 0.2) is 6.20 Å². The number of aromatic nitrogens is 2. The Hall–Kier alpha value is -0.870. The van der Waals surface area contributed by atoms with Crippen LogP contribution in [0, 0.1) is 0 Å². The fourth-order valence-electron chi connectivity index (χ4n) is 1.01. The number of methoxy groups -OCH3 is 1. The lowest BCUT2D eigenvalue weighted by Crippen LogP contribution is -2.05. The Morgan fingerprint density at radius 3 is 3.17 bits per heavy atom. The lowest BCUT2D eigenvalue weighted by atomic mass is 10.4. The second kappa shape index (κ2) is 4.90. The molecule has 2 N–H and O–H groups in total. The number of ether oxygens (including phenoxy) is 1. The fourth-order valence-corrected chi connectivity index (χ4v) is 1.01. The van der Waals surface area contributed by atoms with Crippen LogP contribution in [0.25, 0.3) is 0 Å². The molecule has 0 aliphatic carbocycles. The van der Waals surface area contributed by atoms with Crippen molar-refractivity contribution in [3.05, 3.63) is 17.7 Å². The maximum absolute atomic E-state index is 4.94. The van der Waals surface area contributed by atoms with E-state index in [9.17, 15) is 0 Å². The van der Waals surface area contributed by atoms with E-state index in [0.717, 1.165) is 24.5 Å². The summed E-state index contributed by atoms with van der Waals surface area (Å²) in [6.45, 7) is 1.55. The van der Waals surface area contributed by atoms with Gasteiger partial charge in [0.05, 0.1) is 6.61 Å². The number of rotatable bonds is 5. The first kappa shape index (κ1) is 9.22. The summed E-state index contributed by atoms with van der Waals surface area (Å²) in [6.07, 6.45) is 2.70. The SMILES string of the molecule is CNCc1cnc(CCOC)[nH]1. The molecule has 1 aromatic rings. The van der Waals surface area contributed by atoms with Gasteiger partial charge in [0.2, 0.25) is 0 Å². The normalized spacial score (nSPS) is 10.5. The topological polar surface area (TPSA) is 49.9 Å². The molecule has 0 radical (unpaired) electrons. The van der Waals surface area contributed by atoms with Gasteiger partial charge >= 0.3 is 0 Å². The van der Waals surface area contributed by atoms with Crippen molar-refractivity contribution >= 4 is 0 Å². The van der Waals surface area contributed by atoms with E-state index in [1.54, 1.807) is 7.11 Å². The average Bonchev–Trinajstić information content (AvgIpc) is 2.50. The first-order valence-corrected chi connectivity index (χ1v) is 4.03. The Bertz CT molecular complexity index is 222. The molecule has 1 aromatic heterocycles. The van der Waals surface area contributed by atoms with Gasteiger partial charge in [-0.05, 0) is 7.05 Å². The molecule has 68 valence electrons. The first-order valence-electron chi connectivity index (χ1n) is 4.03. The molecule has 4 heteroatoms. The summed E-state index contributed by atoms with van der Waals surface area (Å²) in [5, 5.41) is 3.05. The van der Waals surface area contributed by atoms with Gasteiger partial charge in [-0.3, -0.25) is 0 Å². The standard InChI is InChI=1S/C8H15N3O/c1-9-5-7-6-10-8(11-7)3-4-12-2/h6,9H,3-5H2,1-2H3,(H,10,11). The monoisotopic (exact) mass is 169 g/mol. The van der Waals surface area contributed by atoms with Gasteiger partial charge in [0.15, 0.2) is 0 Å². The lowest BCUT2D eigenvalue weighted by molar-refractivity contribution is 0.200. The maximum Gasteiger partial charge on any atom is 0.108 e. The second-order valence-electron chi connectivity index (χ2n) is 2.63. The number of nitrogens with zero attached hydrogens (tertiary/aromatic N) is 1. The van der Waals surface area contributed by atoms with Crippen LogP contribution in [-0.4, -0.2) is 30.7 Å². The van der Waals surface area contributed by atoms with E-state index >= 15 is 0 Å². The van der Waals surface area contributed by atoms with Crippen molar-refractivity contribution < 1.29 is 4.74 Å². The molecule has 0 aliphatic rings. The lowest BCUT2D eigenvalue weighted by Gasteiger charge is -1.95. The van der Waals surface area contributed by atoms with Gasteiger partial charge in [-0.2, -0.15) is 0 Å². The minimum atomic E-state index is 0.715. The molecule has 0 saturated carbocycles. The van der Waals surface area contributed by atoms with Crippen molar-refractivity contribution in [1.82, 2.24) is 15.3 Å². The van der Waals surface area contributed by atoms with E-state index in [1.807, 2.05) is 13.2 Å². The Morgan fingerprint density at radius 2 is 2.50 bits per heavy atom. The molecule has 0 bridgehead atoms. The van der Waals surface area contributed by atoms with Crippen molar-refractivity contribution in [3.63, 3.8) is 0 Å². The average molecular weight is 169 g/mol. The van der Waals surface area contributed by atoms with Gasteiger partial charge in [-0.1, -0.05) is 0 Å². The highest BCUT2D eigenvalue weighted by molar-refractivity contribution is 5.00. The first-order chi connectivity index (χ1) is 5.86. The van der Waals surface area contributed by atoms with E-state index in [-0.39, 0.29) is 0 Å². The molecule has 4 nitrogen and oxygen atoms in total. The number of nitrogens with one attached hydrogen (secondary N) is 2. The van der Waals surface area contributed by atoms with E-state index in [4.69, 9.17) is 4.74 Å². The molecule has 1 heterocycles. The van der Waals surface area contributed by atoms with Gasteiger partial charge < -0.3 is 15.0 Å². The second-order valence-corrected chi connectivity index (χ2v) is 2.63. The van der Waals surface area contributed by atoms with Crippen molar-refractivity contribution in [2.45, 2.75) is 13.0 Å². The minimum Gasteiger partial charge on any atom is -0.384 e. The molecule has 0 aromatic carbocycles. The van der Waals surface area contributed by atoms with Crippen LogP contribution in [0.2, 0.25) is 0 Å². The highest BCUT2D eigenvalue weighted by Crippen LogP contribution is 1.97. The molecule has 0 aliphatic heterocycles. The van der Waals surface area contributed by atoms with E-state index in [0.29, 0.717) is 6.61 Å². The molecule has 0 saturated heterocycles. The Morgan fingerprint density at radius 1 is 1.67 bits per heavy atom. The quantitative estimate of drug-likeness (QED) is 0.667.